The molecular weight excluding hydrogens is 1280 g/mol. The van der Waals surface area contributed by atoms with Gasteiger partial charge in [-0.05, 0) is 128 Å². The molecule has 0 radical (unpaired) electrons. The number of azide groups is 1. The van der Waals surface area contributed by atoms with E-state index in [9.17, 15) is 60.2 Å². The molecule has 11 atom stereocenters. The number of fused-ring (bicyclic) bond motifs is 5. The van der Waals surface area contributed by atoms with Gasteiger partial charge in [-0.1, -0.05) is 11.5 Å². The van der Waals surface area contributed by atoms with E-state index in [-0.39, 0.29) is 123 Å². The lowest BCUT2D eigenvalue weighted by Gasteiger charge is -2.49. The van der Waals surface area contributed by atoms with Crippen molar-refractivity contribution in [2.24, 2.45) is 5.11 Å². The largest absolute Gasteiger partial charge is 0.471 e. The minimum Gasteiger partial charge on any atom is -0.378 e. The first-order valence-electron chi connectivity index (χ1n) is 32.1. The van der Waals surface area contributed by atoms with Crippen LogP contribution < -0.4 is 31.9 Å². The maximum absolute atomic E-state index is 13.7. The van der Waals surface area contributed by atoms with Crippen molar-refractivity contribution in [3.63, 3.8) is 0 Å². The van der Waals surface area contributed by atoms with Gasteiger partial charge >= 0.3 is 24.2 Å². The molecule has 7 N–H and O–H groups in total. The van der Waals surface area contributed by atoms with Crippen LogP contribution in [0.4, 0.5) is 26.3 Å². The molecule has 0 aromatic carbocycles. The van der Waals surface area contributed by atoms with Crippen LogP contribution in [0.5, 0.6) is 0 Å². The Labute approximate surface area is 550 Å². The number of hydrogen-bond donors (Lipinski definition) is 7. The average Bonchev–Trinajstić information content (AvgIpc) is 1.58. The lowest BCUT2D eigenvalue weighted by Crippen LogP contribution is -2.68. The molecule has 0 saturated carbocycles. The number of halogens is 6. The van der Waals surface area contributed by atoms with Gasteiger partial charge in [0.25, 0.3) is 0 Å². The van der Waals surface area contributed by atoms with Crippen molar-refractivity contribution < 1.29 is 117 Å². The van der Waals surface area contributed by atoms with E-state index in [0.717, 1.165) is 0 Å². The van der Waals surface area contributed by atoms with Gasteiger partial charge in [0.2, 0.25) is 23.6 Å². The predicted octanol–water partition coefficient (Wildman–Crippen LogP) is 5.38. The minimum absolute atomic E-state index is 0.00351. The number of hydrogen-bond acceptors (Lipinski definition) is 20. The van der Waals surface area contributed by atoms with Crippen LogP contribution in [0.25, 0.3) is 10.4 Å². The van der Waals surface area contributed by atoms with Crippen molar-refractivity contribution in [1.29, 1.82) is 0 Å². The Morgan fingerprint density at radius 1 is 0.579 bits per heavy atom. The SMILES string of the molecule is CCNC(=O)CCOCC(COCCC(=O)NC(C)(C)CCOC(C)(C)C[C@@]12CO[C@H](O1)[C@H](NC(=O)C(F)(F)F)[C@H]1OC(C)(C)O[C@H]12)(COCCC(=O)NC(C)(C)CCOC(C)(C)C[C@@]1(C)O[C@H](O)[C@H](NC(=O)C(F)(F)F)[C@H]2OC(C)(C)O[C@H]21)NC(=O)CCCCCN=[N+]=[N-]. The molecule has 1 unspecified atom stereocenters. The van der Waals surface area contributed by atoms with Gasteiger partial charge in [0, 0.05) is 80.8 Å². The number of carbonyl (C=O) groups is 6. The van der Waals surface area contributed by atoms with Crippen molar-refractivity contribution >= 4 is 35.4 Å². The molecule has 0 aromatic rings. The Balaban J connectivity index is 1.16. The normalized spacial score (nSPS) is 27.1. The second-order valence-corrected chi connectivity index (χ2v) is 28.6. The molecular formula is C61H101F6N9O19. The quantitative estimate of drug-likeness (QED) is 0.0134. The van der Waals surface area contributed by atoms with Crippen molar-refractivity contribution in [3.05, 3.63) is 10.4 Å². The number of aliphatic hydroxyl groups is 1. The third-order valence-corrected chi connectivity index (χ3v) is 16.5. The summed E-state index contributed by atoms with van der Waals surface area (Å²) in [5.41, 5.74) is 1.04. The molecule has 5 heterocycles. The molecule has 0 aromatic heterocycles. The summed E-state index contributed by atoms with van der Waals surface area (Å²) >= 11 is 0. The fourth-order valence-electron chi connectivity index (χ4n) is 12.4. The predicted molar refractivity (Wildman–Crippen MR) is 324 cm³/mol. The summed E-state index contributed by atoms with van der Waals surface area (Å²) in [4.78, 5) is 79.8. The first-order chi connectivity index (χ1) is 43.8. The van der Waals surface area contributed by atoms with Gasteiger partial charge in [-0.15, -0.1) is 0 Å². The molecule has 0 aliphatic carbocycles. The van der Waals surface area contributed by atoms with Crippen LogP contribution in [0.1, 0.15) is 168 Å². The van der Waals surface area contributed by atoms with Gasteiger partial charge in [-0.3, -0.25) is 28.8 Å². The van der Waals surface area contributed by atoms with Crippen LogP contribution in [0.15, 0.2) is 5.11 Å². The lowest BCUT2D eigenvalue weighted by molar-refractivity contribution is -0.280. The van der Waals surface area contributed by atoms with Gasteiger partial charge in [0.05, 0.1) is 57.5 Å². The van der Waals surface area contributed by atoms with E-state index in [1.54, 1.807) is 102 Å². The van der Waals surface area contributed by atoms with Gasteiger partial charge in [0.15, 0.2) is 24.2 Å². The van der Waals surface area contributed by atoms with E-state index in [4.69, 9.17) is 62.4 Å². The number of unbranched alkanes of at least 4 members (excludes halogenated alkanes) is 2. The number of carbonyl (C=O) groups excluding carboxylic acids is 6. The summed E-state index contributed by atoms with van der Waals surface area (Å²) in [6.45, 7) is 23.7. The Bertz CT molecular complexity index is 2650. The summed E-state index contributed by atoms with van der Waals surface area (Å²) in [7, 11) is 0. The zero-order valence-electron chi connectivity index (χ0n) is 57.1. The third-order valence-electron chi connectivity index (χ3n) is 16.5. The van der Waals surface area contributed by atoms with Gasteiger partial charge in [-0.25, -0.2) is 0 Å². The summed E-state index contributed by atoms with van der Waals surface area (Å²) in [6.07, 6.45) is -15.7. The second kappa shape index (κ2) is 32.9. The zero-order chi connectivity index (χ0) is 71.3. The van der Waals surface area contributed by atoms with Crippen LogP contribution in [-0.4, -0.2) is 225 Å². The standard InChI is InChI=1S/C61H101F6N9O19/c1-15-69-37(77)20-26-84-33-58(75-38(78)19-17-16-18-25-70-76-68,34-85-27-21-39(79)73-51(2,3)23-29-88-53(6,7)31-57(14)45-43(90-55(10,11)92-45)41(47(81)94-57)71-49(82)60(62,63)64)35-86-28-22-40(80)74-52(4,5)24-30-89-54(8,9)32-59-36-87-48(95-59)42(72-50(83)61(65,66)67)44-46(59)93-56(12,13)91-44/h41-48,81H,15-36H2,1-14H3,(H,69,77)(H,71,82)(H,72,83)(H,73,79)(H,74,80)(H,75,78)/t41-,42-,43-,44-,45-,46-,47+,48-,57-,58?,59+/m1/s1. The summed E-state index contributed by atoms with van der Waals surface area (Å²) in [6, 6.07) is -2.93. The van der Waals surface area contributed by atoms with Crippen LogP contribution in [0.2, 0.25) is 0 Å². The first-order valence-corrected chi connectivity index (χ1v) is 32.1. The monoisotopic (exact) mass is 1380 g/mol. The number of nitrogens with zero attached hydrogens (tertiary/aromatic N) is 3. The fraction of sp³-hybridized carbons (Fsp3) is 0.902. The fourth-order valence-corrected chi connectivity index (χ4v) is 12.4. The minimum atomic E-state index is -5.23. The van der Waals surface area contributed by atoms with Gasteiger partial charge < -0.3 is 93.8 Å². The number of amides is 6. The van der Waals surface area contributed by atoms with Gasteiger partial charge in [0.1, 0.15) is 53.2 Å². The summed E-state index contributed by atoms with van der Waals surface area (Å²) in [5, 5.41) is 29.9. The van der Waals surface area contributed by atoms with Gasteiger partial charge in [-0.2, -0.15) is 26.3 Å². The maximum atomic E-state index is 13.7. The van der Waals surface area contributed by atoms with E-state index < -0.39 is 136 Å². The van der Waals surface area contributed by atoms with E-state index in [2.05, 4.69) is 31.3 Å². The average molecular weight is 1380 g/mol. The second-order valence-electron chi connectivity index (χ2n) is 28.6. The molecule has 2 bridgehead atoms. The highest BCUT2D eigenvalue weighted by atomic mass is 19.4. The van der Waals surface area contributed by atoms with Crippen LogP contribution in [-0.2, 0) is 85.6 Å². The smallest absolute Gasteiger partial charge is 0.378 e. The number of rotatable bonds is 39. The number of nitrogens with one attached hydrogen (secondary N) is 6. The van der Waals surface area contributed by atoms with Crippen LogP contribution in [0.3, 0.4) is 0 Å². The lowest BCUT2D eigenvalue weighted by atomic mass is 9.80. The Morgan fingerprint density at radius 2 is 1.04 bits per heavy atom. The van der Waals surface area contributed by atoms with Crippen LogP contribution in [0, 0.1) is 0 Å². The topological polar surface area (TPSA) is 354 Å². The zero-order valence-corrected chi connectivity index (χ0v) is 57.1. The Morgan fingerprint density at radius 3 is 1.54 bits per heavy atom. The van der Waals surface area contributed by atoms with Crippen molar-refractivity contribution in [1.82, 2.24) is 31.9 Å². The Kier molecular flexibility index (Phi) is 28.0. The molecule has 546 valence electrons. The van der Waals surface area contributed by atoms with E-state index in [0.29, 0.717) is 32.2 Å². The van der Waals surface area contributed by atoms with E-state index in [1.165, 1.54) is 0 Å². The third kappa shape index (κ3) is 24.8. The molecule has 5 fully saturated rings. The molecule has 0 spiro atoms. The van der Waals surface area contributed by atoms with Crippen molar-refractivity contribution in [2.75, 3.05) is 72.6 Å². The molecule has 5 saturated heterocycles. The highest BCUT2D eigenvalue weighted by Crippen LogP contribution is 2.50. The number of alkyl halides is 6. The van der Waals surface area contributed by atoms with E-state index in [1.807, 2.05) is 5.32 Å². The Hall–Kier alpha value is -4.81. The van der Waals surface area contributed by atoms with Crippen molar-refractivity contribution in [3.8, 4) is 0 Å². The molecule has 95 heavy (non-hydrogen) atoms. The molecule has 5 aliphatic heterocycles. The number of ether oxygens (including phenoxy) is 12. The summed E-state index contributed by atoms with van der Waals surface area (Å²) in [5.74, 6) is -8.43. The first kappa shape index (κ1) is 80.9. The highest BCUT2D eigenvalue weighted by molar-refractivity contribution is 5.82. The molecule has 5 rings (SSSR count). The molecule has 34 heteroatoms. The highest BCUT2D eigenvalue weighted by Gasteiger charge is 2.68. The molecule has 6 amide bonds. The van der Waals surface area contributed by atoms with Crippen molar-refractivity contribution in [2.45, 2.75) is 280 Å². The maximum Gasteiger partial charge on any atom is 0.471 e. The van der Waals surface area contributed by atoms with E-state index >= 15 is 0 Å². The number of aliphatic hydroxyl groups excluding tert-OH is 1. The summed E-state index contributed by atoms with van der Waals surface area (Å²) < 4.78 is 153. The molecule has 5 aliphatic rings. The molecule has 28 nitrogen and oxygen atoms in total. The van der Waals surface area contributed by atoms with Crippen LogP contribution >= 0.6 is 0 Å².